The molecule has 0 amide bonds. The molecule has 3 aromatic carbocycles. The smallest absolute Gasteiger partial charge is 0.330 e. The first-order chi connectivity index (χ1) is 14.1. The minimum atomic E-state index is -0.845. The summed E-state index contributed by atoms with van der Waals surface area (Å²) < 4.78 is 1.50. The molecule has 6 nitrogen and oxygen atoms in total. The average molecular weight is 384 g/mol. The fourth-order valence-electron chi connectivity index (χ4n) is 3.66. The minimum absolute atomic E-state index is 0.0698. The molecule has 0 aliphatic heterocycles. The highest BCUT2D eigenvalue weighted by Crippen LogP contribution is 2.41. The van der Waals surface area contributed by atoms with Crippen LogP contribution in [0.2, 0.25) is 0 Å². The molecular formula is C23H20N4O2. The molecule has 6 heteroatoms. The molecule has 0 atom stereocenters. The van der Waals surface area contributed by atoms with E-state index in [1.807, 2.05) is 91.0 Å². The molecule has 1 N–H and O–H groups in total. The number of hydrogen-bond acceptors (Lipinski definition) is 4. The van der Waals surface area contributed by atoms with Crippen molar-refractivity contribution in [1.29, 1.82) is 0 Å². The lowest BCUT2D eigenvalue weighted by Crippen LogP contribution is -2.39. The summed E-state index contributed by atoms with van der Waals surface area (Å²) in [6.07, 6.45) is 1.27. The van der Waals surface area contributed by atoms with Gasteiger partial charge in [-0.05, 0) is 16.7 Å². The van der Waals surface area contributed by atoms with Crippen molar-refractivity contribution in [3.8, 4) is 0 Å². The van der Waals surface area contributed by atoms with Crippen LogP contribution >= 0.6 is 0 Å². The van der Waals surface area contributed by atoms with Gasteiger partial charge in [0.25, 0.3) is 0 Å². The second kappa shape index (κ2) is 7.59. The van der Waals surface area contributed by atoms with Crippen molar-refractivity contribution in [2.75, 3.05) is 5.32 Å². The molecule has 0 aliphatic rings. The van der Waals surface area contributed by atoms with Crippen molar-refractivity contribution < 1.29 is 4.92 Å². The molecule has 4 aromatic rings. The van der Waals surface area contributed by atoms with Crippen LogP contribution in [0.15, 0.2) is 97.2 Å². The summed E-state index contributed by atoms with van der Waals surface area (Å²) in [5.74, 6) is 0.339. The van der Waals surface area contributed by atoms with Gasteiger partial charge < -0.3 is 5.32 Å². The first-order valence-electron chi connectivity index (χ1n) is 9.24. The summed E-state index contributed by atoms with van der Waals surface area (Å²) in [6, 6.07) is 29.8. The standard InChI is InChI=1S/C23H20N4O2/c1-26-22(21(17-24-26)27(28)29)25-23(18-11-5-2-6-12-18,19-13-7-3-8-14-19)20-15-9-4-10-16-20/h2-17,25H,1H3. The van der Waals surface area contributed by atoms with Gasteiger partial charge >= 0.3 is 5.69 Å². The van der Waals surface area contributed by atoms with E-state index >= 15 is 0 Å². The quantitative estimate of drug-likeness (QED) is 0.296. The maximum Gasteiger partial charge on any atom is 0.330 e. The van der Waals surface area contributed by atoms with E-state index in [0.717, 1.165) is 16.7 Å². The molecule has 29 heavy (non-hydrogen) atoms. The third-order valence-corrected chi connectivity index (χ3v) is 5.04. The Morgan fingerprint density at radius 2 is 1.24 bits per heavy atom. The van der Waals surface area contributed by atoms with E-state index in [0.29, 0.717) is 5.82 Å². The van der Waals surface area contributed by atoms with E-state index in [1.54, 1.807) is 7.05 Å². The molecule has 1 heterocycles. The zero-order chi connectivity index (χ0) is 20.3. The number of aromatic nitrogens is 2. The maximum atomic E-state index is 11.6. The number of nitrogens with one attached hydrogen (secondary N) is 1. The summed E-state index contributed by atoms with van der Waals surface area (Å²) in [6.45, 7) is 0. The second-order valence-electron chi connectivity index (χ2n) is 6.73. The summed E-state index contributed by atoms with van der Waals surface area (Å²) in [4.78, 5) is 11.2. The molecule has 0 saturated carbocycles. The van der Waals surface area contributed by atoms with Gasteiger partial charge in [-0.15, -0.1) is 0 Å². The lowest BCUT2D eigenvalue weighted by molar-refractivity contribution is -0.384. The Morgan fingerprint density at radius 3 is 1.62 bits per heavy atom. The SMILES string of the molecule is Cn1ncc([N+](=O)[O-])c1NC(c1ccccc1)(c1ccccc1)c1ccccc1. The number of hydrogen-bond donors (Lipinski definition) is 1. The minimum Gasteiger partial charge on any atom is -0.347 e. The van der Waals surface area contributed by atoms with Crippen molar-refractivity contribution in [2.45, 2.75) is 5.54 Å². The molecule has 1 aromatic heterocycles. The Balaban J connectivity index is 2.04. The van der Waals surface area contributed by atoms with E-state index < -0.39 is 10.5 Å². The molecule has 0 fully saturated rings. The number of anilines is 1. The zero-order valence-electron chi connectivity index (χ0n) is 15.9. The van der Waals surface area contributed by atoms with Gasteiger partial charge in [-0.2, -0.15) is 5.10 Å². The van der Waals surface area contributed by atoms with E-state index in [4.69, 9.17) is 0 Å². The number of rotatable bonds is 6. The average Bonchev–Trinajstić information content (AvgIpc) is 3.14. The fourth-order valence-corrected chi connectivity index (χ4v) is 3.66. The molecule has 0 radical (unpaired) electrons. The van der Waals surface area contributed by atoms with Gasteiger partial charge in [0.2, 0.25) is 5.82 Å². The van der Waals surface area contributed by atoms with Crippen LogP contribution in [0.3, 0.4) is 0 Å². The fraction of sp³-hybridized carbons (Fsp3) is 0.0870. The lowest BCUT2D eigenvalue weighted by atomic mass is 9.77. The first kappa shape index (κ1) is 18.4. The first-order valence-corrected chi connectivity index (χ1v) is 9.24. The van der Waals surface area contributed by atoms with Crippen molar-refractivity contribution in [3.63, 3.8) is 0 Å². The van der Waals surface area contributed by atoms with Crippen molar-refractivity contribution in [1.82, 2.24) is 9.78 Å². The molecule has 0 unspecified atom stereocenters. The van der Waals surface area contributed by atoms with Crippen molar-refractivity contribution >= 4 is 11.5 Å². The summed E-state index contributed by atoms with van der Waals surface area (Å²) in [5, 5.41) is 19.3. The Morgan fingerprint density at radius 1 is 0.828 bits per heavy atom. The number of nitrogens with zero attached hydrogens (tertiary/aromatic N) is 3. The maximum absolute atomic E-state index is 11.6. The topological polar surface area (TPSA) is 73.0 Å². The van der Waals surface area contributed by atoms with Gasteiger partial charge in [0.05, 0.1) is 4.92 Å². The molecule has 4 rings (SSSR count). The molecule has 0 spiro atoms. The number of aryl methyl sites for hydroxylation is 1. The van der Waals surface area contributed by atoms with Crippen LogP contribution in [0.4, 0.5) is 11.5 Å². The van der Waals surface area contributed by atoms with Crippen molar-refractivity contribution in [3.05, 3.63) is 124 Å². The van der Waals surface area contributed by atoms with Crippen LogP contribution in [-0.2, 0) is 12.6 Å². The molecule has 0 bridgehead atoms. The third-order valence-electron chi connectivity index (χ3n) is 5.04. The van der Waals surface area contributed by atoms with E-state index in [1.165, 1.54) is 10.9 Å². The molecule has 0 saturated heterocycles. The van der Waals surface area contributed by atoms with Crippen LogP contribution < -0.4 is 5.32 Å². The highest BCUT2D eigenvalue weighted by atomic mass is 16.6. The van der Waals surface area contributed by atoms with Gasteiger partial charge in [0, 0.05) is 7.05 Å². The third kappa shape index (κ3) is 3.25. The summed E-state index contributed by atoms with van der Waals surface area (Å²) in [7, 11) is 1.70. The van der Waals surface area contributed by atoms with Crippen LogP contribution in [0.1, 0.15) is 16.7 Å². The van der Waals surface area contributed by atoms with E-state index in [2.05, 4.69) is 10.4 Å². The van der Waals surface area contributed by atoms with Gasteiger partial charge in [-0.3, -0.25) is 10.1 Å². The number of benzene rings is 3. The molecule has 0 aliphatic carbocycles. The van der Waals surface area contributed by atoms with Crippen LogP contribution in [-0.4, -0.2) is 14.7 Å². The van der Waals surface area contributed by atoms with E-state index in [-0.39, 0.29) is 5.69 Å². The molecule has 144 valence electrons. The monoisotopic (exact) mass is 384 g/mol. The normalized spacial score (nSPS) is 11.2. The van der Waals surface area contributed by atoms with Crippen LogP contribution in [0, 0.1) is 10.1 Å². The summed E-state index contributed by atoms with van der Waals surface area (Å²) in [5.41, 5.74) is 1.98. The van der Waals surface area contributed by atoms with Gasteiger partial charge in [0.15, 0.2) is 0 Å². The Kier molecular flexibility index (Phi) is 4.83. The molecular weight excluding hydrogens is 364 g/mol. The van der Waals surface area contributed by atoms with Crippen LogP contribution in [0.25, 0.3) is 0 Å². The predicted molar refractivity (Wildman–Crippen MR) is 113 cm³/mol. The van der Waals surface area contributed by atoms with Crippen molar-refractivity contribution in [2.24, 2.45) is 7.05 Å². The largest absolute Gasteiger partial charge is 0.347 e. The van der Waals surface area contributed by atoms with Gasteiger partial charge in [-0.25, -0.2) is 4.68 Å². The van der Waals surface area contributed by atoms with Gasteiger partial charge in [-0.1, -0.05) is 91.0 Å². The highest BCUT2D eigenvalue weighted by molar-refractivity contribution is 5.64. The summed E-state index contributed by atoms with van der Waals surface area (Å²) >= 11 is 0. The van der Waals surface area contributed by atoms with Crippen LogP contribution in [0.5, 0.6) is 0 Å². The Hall–Kier alpha value is -3.93. The zero-order valence-corrected chi connectivity index (χ0v) is 15.9. The van der Waals surface area contributed by atoms with E-state index in [9.17, 15) is 10.1 Å². The van der Waals surface area contributed by atoms with Gasteiger partial charge in [0.1, 0.15) is 11.7 Å². The highest BCUT2D eigenvalue weighted by Gasteiger charge is 2.39. The Labute approximate surface area is 168 Å². The Bertz CT molecular complexity index is 1010. The lowest BCUT2D eigenvalue weighted by Gasteiger charge is -2.37. The predicted octanol–water partition coefficient (Wildman–Crippen LogP) is 4.73. The second-order valence-corrected chi connectivity index (χ2v) is 6.73. The number of nitro groups is 1.